The lowest BCUT2D eigenvalue weighted by Gasteiger charge is -2.43. The number of phenolic OH excluding ortho intramolecular Hbond substituents is 1. The van der Waals surface area contributed by atoms with Crippen LogP contribution in [0.2, 0.25) is 6.32 Å². The van der Waals surface area contributed by atoms with Crippen LogP contribution in [0.15, 0.2) is 126 Å². The largest absolute Gasteiger partial charge is 0.507 e. The molecule has 0 radical (unpaired) electrons. The second-order valence-corrected chi connectivity index (χ2v) is 14.6. The van der Waals surface area contributed by atoms with Crippen LogP contribution in [0.3, 0.4) is 0 Å². The third-order valence-electron chi connectivity index (χ3n) is 10.5. The van der Waals surface area contributed by atoms with Crippen LogP contribution in [0, 0.1) is 17.8 Å². The summed E-state index contributed by atoms with van der Waals surface area (Å²) in [5, 5.41) is 25.4. The zero-order valence-corrected chi connectivity index (χ0v) is 28.9. The number of allylic oxidation sites excluding steroid dienone is 1. The van der Waals surface area contributed by atoms with E-state index in [1.165, 1.54) is 16.2 Å². The van der Waals surface area contributed by atoms with Crippen molar-refractivity contribution in [2.75, 3.05) is 6.61 Å². The standard InChI is InChI=1S/C42H38BNO6S/c45-37-19-17-29(33-15-7-8-16-34(33)37)22-28(27-10-3-1-4-11-27)18-20-38-39-30(26-49-31-12-5-2-6-13-31)23-35-40(36(39)24-43(48)50-38)42(47)44(41(35)46)25-32-14-9-21-51-32/h1-17,19,21-22,35-36,38,40,45,48H,18,20,23-26H2/b28-22-/t35-,36+,38-,40-/m1/s1. The summed E-state index contributed by atoms with van der Waals surface area (Å²) in [6.07, 6.45) is 3.50. The predicted octanol–water partition coefficient (Wildman–Crippen LogP) is 8.00. The van der Waals surface area contributed by atoms with Gasteiger partial charge in [-0.05, 0) is 94.4 Å². The molecule has 9 heteroatoms. The Morgan fingerprint density at radius 2 is 1.63 bits per heavy atom. The fourth-order valence-corrected chi connectivity index (χ4v) is 8.91. The van der Waals surface area contributed by atoms with E-state index in [-0.39, 0.29) is 43.0 Å². The fraction of sp³-hybridized carbons (Fsp3) is 0.238. The van der Waals surface area contributed by atoms with Gasteiger partial charge in [-0.15, -0.1) is 11.3 Å². The van der Waals surface area contributed by atoms with E-state index < -0.39 is 25.1 Å². The highest BCUT2D eigenvalue weighted by Gasteiger charge is 2.57. The Morgan fingerprint density at radius 1 is 0.882 bits per heavy atom. The molecule has 7 nitrogen and oxygen atoms in total. The minimum atomic E-state index is -1.07. The first-order valence-corrected chi connectivity index (χ1v) is 18.4. The average Bonchev–Trinajstić information content (AvgIpc) is 3.76. The highest BCUT2D eigenvalue weighted by atomic mass is 32.1. The van der Waals surface area contributed by atoms with Gasteiger partial charge in [0.25, 0.3) is 0 Å². The van der Waals surface area contributed by atoms with Gasteiger partial charge < -0.3 is 19.5 Å². The molecule has 0 spiro atoms. The van der Waals surface area contributed by atoms with Gasteiger partial charge in [0, 0.05) is 10.3 Å². The van der Waals surface area contributed by atoms with Crippen molar-refractivity contribution in [3.63, 3.8) is 0 Å². The van der Waals surface area contributed by atoms with Gasteiger partial charge in [0.15, 0.2) is 0 Å². The van der Waals surface area contributed by atoms with Crippen LogP contribution in [0.4, 0.5) is 0 Å². The summed E-state index contributed by atoms with van der Waals surface area (Å²) in [5.41, 5.74) is 5.09. The summed E-state index contributed by atoms with van der Waals surface area (Å²) in [6.45, 7) is 0.530. The zero-order valence-electron chi connectivity index (χ0n) is 28.1. The topological polar surface area (TPSA) is 96.3 Å². The lowest BCUT2D eigenvalue weighted by Crippen LogP contribution is -2.46. The molecule has 0 saturated carbocycles. The third kappa shape index (κ3) is 6.65. The van der Waals surface area contributed by atoms with E-state index in [2.05, 4.69) is 18.2 Å². The molecule has 1 aromatic heterocycles. The number of thiophene rings is 1. The van der Waals surface area contributed by atoms with Crippen molar-refractivity contribution in [1.29, 1.82) is 0 Å². The van der Waals surface area contributed by atoms with Crippen molar-refractivity contribution in [2.24, 2.45) is 17.8 Å². The van der Waals surface area contributed by atoms with Crippen molar-refractivity contribution in [3.05, 3.63) is 142 Å². The summed E-state index contributed by atoms with van der Waals surface area (Å²) in [7, 11) is -1.07. The highest BCUT2D eigenvalue weighted by Crippen LogP contribution is 2.51. The number of amides is 2. The van der Waals surface area contributed by atoms with Gasteiger partial charge in [0.2, 0.25) is 11.8 Å². The van der Waals surface area contributed by atoms with Crippen LogP contribution < -0.4 is 4.74 Å². The van der Waals surface area contributed by atoms with Crippen molar-refractivity contribution < 1.29 is 29.1 Å². The van der Waals surface area contributed by atoms with Crippen LogP contribution in [0.5, 0.6) is 11.5 Å². The van der Waals surface area contributed by atoms with Gasteiger partial charge in [-0.3, -0.25) is 14.5 Å². The number of benzene rings is 4. The number of para-hydroxylation sites is 1. The first kappa shape index (κ1) is 33.2. The molecule has 256 valence electrons. The molecule has 3 heterocycles. The first-order chi connectivity index (χ1) is 24.9. The molecular formula is C42H38BNO6S. The monoisotopic (exact) mass is 695 g/mol. The number of hydrogen-bond acceptors (Lipinski definition) is 7. The molecule has 2 fully saturated rings. The summed E-state index contributed by atoms with van der Waals surface area (Å²) in [5.74, 6) is -0.761. The van der Waals surface area contributed by atoms with E-state index >= 15 is 0 Å². The Hall–Kier alpha value is -4.96. The van der Waals surface area contributed by atoms with E-state index in [4.69, 9.17) is 9.39 Å². The van der Waals surface area contributed by atoms with E-state index in [9.17, 15) is 19.7 Å². The Labute approximate surface area is 301 Å². The van der Waals surface area contributed by atoms with Crippen LogP contribution in [-0.4, -0.2) is 46.7 Å². The third-order valence-corrected chi connectivity index (χ3v) is 11.4. The summed E-state index contributed by atoms with van der Waals surface area (Å²) in [4.78, 5) is 30.4. The number of carbonyl (C=O) groups excluding carboxylic acids is 2. The van der Waals surface area contributed by atoms with Gasteiger partial charge in [0.1, 0.15) is 18.1 Å². The molecule has 4 aromatic carbocycles. The number of ether oxygens (including phenoxy) is 1. The molecule has 5 aromatic rings. The van der Waals surface area contributed by atoms with Gasteiger partial charge in [-0.1, -0.05) is 91.0 Å². The van der Waals surface area contributed by atoms with E-state index in [1.807, 2.05) is 96.4 Å². The molecule has 0 unspecified atom stereocenters. The van der Waals surface area contributed by atoms with Gasteiger partial charge >= 0.3 is 7.12 Å². The number of fused-ring (bicyclic) bond motifs is 4. The minimum absolute atomic E-state index is 0.150. The quantitative estimate of drug-likeness (QED) is 0.0666. The molecular weight excluding hydrogens is 657 g/mol. The number of nitrogens with zero attached hydrogens (tertiary/aromatic N) is 1. The second-order valence-electron chi connectivity index (χ2n) is 13.6. The Bertz CT molecular complexity index is 2120. The van der Waals surface area contributed by atoms with Crippen molar-refractivity contribution in [3.8, 4) is 11.5 Å². The summed E-state index contributed by atoms with van der Waals surface area (Å²) in [6, 6.07) is 35.1. The summed E-state index contributed by atoms with van der Waals surface area (Å²) >= 11 is 1.53. The van der Waals surface area contributed by atoms with Crippen molar-refractivity contribution in [1.82, 2.24) is 4.90 Å². The minimum Gasteiger partial charge on any atom is -0.507 e. The van der Waals surface area contributed by atoms with Crippen molar-refractivity contribution >= 4 is 52.7 Å². The molecule has 2 saturated heterocycles. The molecule has 1 aliphatic carbocycles. The number of aromatic hydroxyl groups is 1. The maximum absolute atomic E-state index is 14.1. The normalized spacial score (nSPS) is 22.0. The first-order valence-electron chi connectivity index (χ1n) is 17.5. The van der Waals surface area contributed by atoms with Gasteiger partial charge in [0.05, 0.1) is 24.5 Å². The maximum atomic E-state index is 14.1. The number of hydrogen-bond donors (Lipinski definition) is 2. The van der Waals surface area contributed by atoms with Crippen LogP contribution in [0.25, 0.3) is 22.4 Å². The number of carbonyl (C=O) groups is 2. The molecule has 2 aliphatic heterocycles. The maximum Gasteiger partial charge on any atom is 0.455 e. The SMILES string of the molecule is O=C1[C@@H]2[C@@H](CC(COc3ccccc3)=C3[C@@H](CC/C(=C/c4ccc(O)c5ccccc45)c4ccccc4)OB(O)C[C@@H]32)C(=O)N1Cc1cccs1. The molecule has 0 bridgehead atoms. The average molecular weight is 696 g/mol. The lowest BCUT2D eigenvalue weighted by atomic mass is 9.58. The molecule has 51 heavy (non-hydrogen) atoms. The Balaban J connectivity index is 1.15. The molecule has 8 rings (SSSR count). The van der Waals surface area contributed by atoms with E-state index in [0.717, 1.165) is 49.2 Å². The van der Waals surface area contributed by atoms with Gasteiger partial charge in [-0.2, -0.15) is 0 Å². The fourth-order valence-electron chi connectivity index (χ4n) is 8.22. The molecule has 2 amide bonds. The van der Waals surface area contributed by atoms with Crippen LogP contribution in [-0.2, 0) is 20.8 Å². The smallest absolute Gasteiger partial charge is 0.455 e. The van der Waals surface area contributed by atoms with Crippen LogP contribution in [0.1, 0.15) is 35.3 Å². The highest BCUT2D eigenvalue weighted by molar-refractivity contribution is 7.09. The molecule has 4 atom stereocenters. The van der Waals surface area contributed by atoms with Crippen molar-refractivity contribution in [2.45, 2.75) is 38.2 Å². The zero-order chi connectivity index (χ0) is 34.9. The Morgan fingerprint density at radius 3 is 2.39 bits per heavy atom. The Kier molecular flexibility index (Phi) is 9.34. The van der Waals surface area contributed by atoms with Crippen LogP contribution >= 0.6 is 11.3 Å². The van der Waals surface area contributed by atoms with E-state index in [0.29, 0.717) is 19.3 Å². The second kappa shape index (κ2) is 14.3. The lowest BCUT2D eigenvalue weighted by molar-refractivity contribution is -0.140. The number of phenols is 1. The number of imide groups is 1. The number of rotatable bonds is 10. The van der Waals surface area contributed by atoms with Gasteiger partial charge in [-0.25, -0.2) is 0 Å². The number of likely N-dealkylation sites (tertiary alicyclic amines) is 1. The summed E-state index contributed by atoms with van der Waals surface area (Å²) < 4.78 is 12.7. The predicted molar refractivity (Wildman–Crippen MR) is 201 cm³/mol. The molecule has 2 N–H and O–H groups in total. The van der Waals surface area contributed by atoms with E-state index in [1.54, 1.807) is 6.07 Å². The molecule has 3 aliphatic rings.